The van der Waals surface area contributed by atoms with Gasteiger partial charge in [0.25, 0.3) is 0 Å². The van der Waals surface area contributed by atoms with Crippen LogP contribution in [0.1, 0.15) is 36.7 Å². The molecule has 8 heteroatoms. The quantitative estimate of drug-likeness (QED) is 0.776. The molecule has 1 N–H and O–H groups in total. The molecule has 1 saturated heterocycles. The van der Waals surface area contributed by atoms with E-state index in [0.29, 0.717) is 5.92 Å². The smallest absolute Gasteiger partial charge is 0.289 e. The lowest BCUT2D eigenvalue weighted by Crippen LogP contribution is -2.29. The highest BCUT2D eigenvalue weighted by molar-refractivity contribution is 5.73. The Labute approximate surface area is 143 Å². The van der Waals surface area contributed by atoms with Gasteiger partial charge in [0, 0.05) is 13.6 Å². The first-order valence-corrected chi connectivity index (χ1v) is 8.77. The lowest BCUT2D eigenvalue weighted by molar-refractivity contribution is 0.197. The number of hydrogen-bond donors (Lipinski definition) is 1. The third-order valence-electron chi connectivity index (χ3n) is 5.66. The van der Waals surface area contributed by atoms with Gasteiger partial charge < -0.3 is 0 Å². The molecular weight excluding hydrogens is 320 g/mol. The van der Waals surface area contributed by atoms with Crippen molar-refractivity contribution in [1.82, 2.24) is 30.0 Å². The van der Waals surface area contributed by atoms with Crippen LogP contribution in [-0.4, -0.2) is 36.5 Å². The Kier molecular flexibility index (Phi) is 3.27. The summed E-state index contributed by atoms with van der Waals surface area (Å²) in [4.78, 5) is 14.3. The second kappa shape index (κ2) is 5.52. The summed E-state index contributed by atoms with van der Waals surface area (Å²) in [6, 6.07) is 6.21. The SMILES string of the molecule is Cn1c(C2C(C3CC3)CCN2Cc2ccc3nonc3c2)n[nH]c1=O. The third-order valence-corrected chi connectivity index (χ3v) is 5.66. The number of hydrogen-bond acceptors (Lipinski definition) is 6. The summed E-state index contributed by atoms with van der Waals surface area (Å²) in [6.45, 7) is 1.82. The zero-order valence-corrected chi connectivity index (χ0v) is 14.1. The van der Waals surface area contributed by atoms with Crippen LogP contribution in [0.4, 0.5) is 0 Å². The Balaban J connectivity index is 1.48. The Morgan fingerprint density at radius 2 is 2.08 bits per heavy atom. The second-order valence-electron chi connectivity index (χ2n) is 7.24. The molecule has 1 saturated carbocycles. The summed E-state index contributed by atoms with van der Waals surface area (Å²) >= 11 is 0. The minimum Gasteiger partial charge on any atom is -0.289 e. The first kappa shape index (κ1) is 14.8. The number of fused-ring (bicyclic) bond motifs is 1. The highest BCUT2D eigenvalue weighted by Crippen LogP contribution is 2.50. The fraction of sp³-hybridized carbons (Fsp3) is 0.529. The van der Waals surface area contributed by atoms with Gasteiger partial charge in [-0.2, -0.15) is 5.10 Å². The predicted molar refractivity (Wildman–Crippen MR) is 89.6 cm³/mol. The van der Waals surface area contributed by atoms with E-state index in [4.69, 9.17) is 4.63 Å². The van der Waals surface area contributed by atoms with Gasteiger partial charge in [-0.15, -0.1) is 0 Å². The monoisotopic (exact) mass is 340 g/mol. The molecule has 0 bridgehead atoms. The molecule has 3 heterocycles. The maximum Gasteiger partial charge on any atom is 0.343 e. The van der Waals surface area contributed by atoms with Crippen LogP contribution in [0.5, 0.6) is 0 Å². The van der Waals surface area contributed by atoms with Crippen molar-refractivity contribution in [1.29, 1.82) is 0 Å². The summed E-state index contributed by atoms with van der Waals surface area (Å²) in [6.07, 6.45) is 3.75. The van der Waals surface area contributed by atoms with Crippen LogP contribution in [-0.2, 0) is 13.6 Å². The number of nitrogens with one attached hydrogen (secondary N) is 1. The number of aromatic nitrogens is 5. The summed E-state index contributed by atoms with van der Waals surface area (Å²) in [5.74, 6) is 2.19. The van der Waals surface area contributed by atoms with E-state index in [1.807, 2.05) is 12.1 Å². The van der Waals surface area contributed by atoms with Crippen LogP contribution in [0.25, 0.3) is 11.0 Å². The normalized spacial score (nSPS) is 24.4. The van der Waals surface area contributed by atoms with Crippen LogP contribution in [0, 0.1) is 11.8 Å². The van der Waals surface area contributed by atoms with E-state index in [1.165, 1.54) is 18.4 Å². The van der Waals surface area contributed by atoms with Crippen molar-refractivity contribution in [2.45, 2.75) is 31.8 Å². The zero-order valence-electron chi connectivity index (χ0n) is 14.1. The number of benzene rings is 1. The molecule has 130 valence electrons. The highest BCUT2D eigenvalue weighted by Gasteiger charge is 2.45. The topological polar surface area (TPSA) is 92.8 Å². The highest BCUT2D eigenvalue weighted by atomic mass is 16.6. The van der Waals surface area contributed by atoms with Gasteiger partial charge in [-0.1, -0.05) is 6.07 Å². The fourth-order valence-electron chi connectivity index (χ4n) is 4.22. The van der Waals surface area contributed by atoms with Crippen molar-refractivity contribution < 1.29 is 4.63 Å². The molecule has 2 aliphatic rings. The molecule has 25 heavy (non-hydrogen) atoms. The van der Waals surface area contributed by atoms with Gasteiger partial charge >= 0.3 is 5.69 Å². The molecule has 3 aromatic rings. The number of likely N-dealkylation sites (tertiary alicyclic amines) is 1. The van der Waals surface area contributed by atoms with Gasteiger partial charge in [-0.25, -0.2) is 14.5 Å². The predicted octanol–water partition coefficient (Wildman–Crippen LogP) is 1.62. The van der Waals surface area contributed by atoms with E-state index in [1.54, 1.807) is 11.6 Å². The summed E-state index contributed by atoms with van der Waals surface area (Å²) < 4.78 is 6.45. The van der Waals surface area contributed by atoms with Crippen LogP contribution >= 0.6 is 0 Å². The Morgan fingerprint density at radius 3 is 2.84 bits per heavy atom. The van der Waals surface area contributed by atoms with Crippen LogP contribution in [0.3, 0.4) is 0 Å². The molecule has 2 atom stereocenters. The van der Waals surface area contributed by atoms with E-state index in [9.17, 15) is 4.79 Å². The molecule has 0 amide bonds. The molecule has 2 fully saturated rings. The van der Waals surface area contributed by atoms with E-state index >= 15 is 0 Å². The average molecular weight is 340 g/mol. The number of aromatic amines is 1. The lowest BCUT2D eigenvalue weighted by Gasteiger charge is -2.27. The molecule has 1 aliphatic carbocycles. The molecule has 0 spiro atoms. The van der Waals surface area contributed by atoms with E-state index in [0.717, 1.165) is 42.3 Å². The van der Waals surface area contributed by atoms with Gasteiger partial charge in [0.15, 0.2) is 5.82 Å². The van der Waals surface area contributed by atoms with Crippen molar-refractivity contribution in [3.63, 3.8) is 0 Å². The fourth-order valence-corrected chi connectivity index (χ4v) is 4.22. The Hall–Kier alpha value is -2.48. The van der Waals surface area contributed by atoms with Crippen LogP contribution in [0.2, 0.25) is 0 Å². The summed E-state index contributed by atoms with van der Waals surface area (Å²) in [5, 5.41) is 14.7. The molecular formula is C17H20N6O2. The van der Waals surface area contributed by atoms with Gasteiger partial charge in [-0.05, 0) is 65.7 Å². The molecule has 0 radical (unpaired) electrons. The Morgan fingerprint density at radius 1 is 1.24 bits per heavy atom. The van der Waals surface area contributed by atoms with E-state index < -0.39 is 0 Å². The summed E-state index contributed by atoms with van der Waals surface area (Å²) in [7, 11) is 1.80. The second-order valence-corrected chi connectivity index (χ2v) is 7.24. The minimum atomic E-state index is -0.147. The van der Waals surface area contributed by atoms with Gasteiger partial charge in [0.1, 0.15) is 11.0 Å². The third kappa shape index (κ3) is 2.48. The van der Waals surface area contributed by atoms with Crippen molar-refractivity contribution in [3.05, 3.63) is 40.1 Å². The van der Waals surface area contributed by atoms with Crippen molar-refractivity contribution in [3.8, 4) is 0 Å². The number of rotatable bonds is 4. The number of nitrogens with zero attached hydrogens (tertiary/aromatic N) is 5. The van der Waals surface area contributed by atoms with E-state index in [-0.39, 0.29) is 11.7 Å². The number of H-pyrrole nitrogens is 1. The maximum atomic E-state index is 11.9. The molecule has 5 rings (SSSR count). The van der Waals surface area contributed by atoms with Gasteiger partial charge in [0.05, 0.1) is 6.04 Å². The van der Waals surface area contributed by atoms with Crippen LogP contribution in [0.15, 0.2) is 27.6 Å². The largest absolute Gasteiger partial charge is 0.343 e. The summed E-state index contributed by atoms with van der Waals surface area (Å²) in [5.41, 5.74) is 2.57. The lowest BCUT2D eigenvalue weighted by atomic mass is 9.94. The zero-order chi connectivity index (χ0) is 17.0. The Bertz CT molecular complexity index is 969. The molecule has 2 aromatic heterocycles. The molecule has 8 nitrogen and oxygen atoms in total. The molecule has 1 aromatic carbocycles. The standard InChI is InChI=1S/C17H20N6O2/c1-22-16(18-19-17(22)24)15-12(11-3-4-11)6-7-23(15)9-10-2-5-13-14(8-10)21-25-20-13/h2,5,8,11-12,15H,3-4,6-7,9H2,1H3,(H,19,24). The minimum absolute atomic E-state index is 0.147. The van der Waals surface area contributed by atoms with Crippen molar-refractivity contribution in [2.75, 3.05) is 6.54 Å². The first-order valence-electron chi connectivity index (χ1n) is 8.77. The van der Waals surface area contributed by atoms with Crippen LogP contribution < -0.4 is 5.69 Å². The van der Waals surface area contributed by atoms with Gasteiger partial charge in [-0.3, -0.25) is 9.47 Å². The van der Waals surface area contributed by atoms with E-state index in [2.05, 4.69) is 31.5 Å². The molecule has 2 unspecified atom stereocenters. The van der Waals surface area contributed by atoms with Gasteiger partial charge in [0.2, 0.25) is 0 Å². The molecule has 1 aliphatic heterocycles. The van der Waals surface area contributed by atoms with Crippen molar-refractivity contribution in [2.24, 2.45) is 18.9 Å². The maximum absolute atomic E-state index is 11.9. The van der Waals surface area contributed by atoms with Crippen molar-refractivity contribution >= 4 is 11.0 Å². The first-order chi connectivity index (χ1) is 12.2. The average Bonchev–Trinajstić information content (AvgIpc) is 3.07.